The zero-order valence-electron chi connectivity index (χ0n) is 40.5. The molecule has 0 spiro atoms. The number of aliphatic hydroxyl groups excluding tert-OH is 1. The molecule has 4 N–H and O–H groups in total. The smallest absolute Gasteiger partial charge is 0.251 e. The molecular weight excluding hydrogens is 904 g/mol. The number of amides is 4. The summed E-state index contributed by atoms with van der Waals surface area (Å²) in [6, 6.07) is 19.9. The summed E-state index contributed by atoms with van der Waals surface area (Å²) in [5.41, 5.74) is 4.47. The fourth-order valence-electron chi connectivity index (χ4n) is 8.39. The first-order chi connectivity index (χ1) is 32.4. The van der Waals surface area contributed by atoms with Crippen LogP contribution in [0.25, 0.3) is 10.4 Å². The van der Waals surface area contributed by atoms with Crippen LogP contribution in [0.2, 0.25) is 5.02 Å². The maximum absolute atomic E-state index is 14.0. The van der Waals surface area contributed by atoms with Crippen molar-refractivity contribution in [1.29, 1.82) is 5.26 Å². The average molecular weight is 972 g/mol. The number of ether oxygens (including phenoxy) is 3. The molecular formula is C52H67ClN6O8S. The minimum atomic E-state index is -0.954. The van der Waals surface area contributed by atoms with Crippen LogP contribution in [0.3, 0.4) is 0 Å². The zero-order chi connectivity index (χ0) is 49.6. The van der Waals surface area contributed by atoms with Crippen molar-refractivity contribution in [2.75, 3.05) is 26.4 Å². The van der Waals surface area contributed by atoms with Crippen molar-refractivity contribution in [2.24, 2.45) is 10.8 Å². The van der Waals surface area contributed by atoms with Gasteiger partial charge < -0.3 is 40.2 Å². The lowest BCUT2D eigenvalue weighted by atomic mass is 9.76. The normalized spacial score (nSPS) is 16.3. The van der Waals surface area contributed by atoms with Gasteiger partial charge in [0.2, 0.25) is 17.7 Å². The van der Waals surface area contributed by atoms with E-state index in [4.69, 9.17) is 25.8 Å². The van der Waals surface area contributed by atoms with Crippen LogP contribution in [0.4, 0.5) is 0 Å². The van der Waals surface area contributed by atoms with Crippen LogP contribution in [-0.2, 0) is 25.7 Å². The monoisotopic (exact) mass is 970 g/mol. The molecule has 68 heavy (non-hydrogen) atoms. The van der Waals surface area contributed by atoms with Gasteiger partial charge in [-0.3, -0.25) is 19.2 Å². The summed E-state index contributed by atoms with van der Waals surface area (Å²) in [6.07, 6.45) is 2.60. The Labute approximate surface area is 410 Å². The number of unbranched alkanes of at least 4 members (excludes halogenated alkanes) is 2. The number of aromatic nitrogens is 1. The lowest BCUT2D eigenvalue weighted by Gasteiger charge is -2.40. The van der Waals surface area contributed by atoms with Crippen molar-refractivity contribution in [3.05, 3.63) is 99.6 Å². The predicted octanol–water partition coefficient (Wildman–Crippen LogP) is 8.41. The second kappa shape index (κ2) is 24.7. The van der Waals surface area contributed by atoms with Crippen LogP contribution in [-0.4, -0.2) is 95.3 Å². The lowest BCUT2D eigenvalue weighted by Crippen LogP contribution is -2.58. The Morgan fingerprint density at radius 3 is 2.25 bits per heavy atom. The van der Waals surface area contributed by atoms with E-state index >= 15 is 0 Å². The van der Waals surface area contributed by atoms with E-state index in [9.17, 15) is 29.5 Å². The molecule has 3 aromatic carbocycles. The first-order valence-electron chi connectivity index (χ1n) is 23.4. The van der Waals surface area contributed by atoms with Gasteiger partial charge in [0.05, 0.1) is 39.4 Å². The van der Waals surface area contributed by atoms with E-state index in [1.807, 2.05) is 71.3 Å². The highest BCUT2D eigenvalue weighted by Crippen LogP contribution is 2.35. The molecule has 1 saturated heterocycles. The molecule has 1 aromatic heterocycles. The Kier molecular flexibility index (Phi) is 19.4. The zero-order valence-corrected chi connectivity index (χ0v) is 42.1. The molecule has 1 fully saturated rings. The van der Waals surface area contributed by atoms with Crippen LogP contribution in [0.1, 0.15) is 114 Å². The number of likely N-dealkylation sites (tertiary alicyclic amines) is 1. The van der Waals surface area contributed by atoms with Crippen LogP contribution < -0.4 is 25.4 Å². The molecule has 2 heterocycles. The standard InChI is InChI=1S/C52H67ClN6O8S/c1-9-43(52(7,8)44(10-2)67-40-23-20-37(28-54)41(53)27-40)57-48(62)36-18-21-39(22-19-36)66-25-13-11-12-24-65-31-45(61)58-47(51(4,5)6)50(64)59-30-38(60)26-42(59)49(63)55-29-34-14-16-35(17-15-34)46-33(3)56-32-68-46/h14-23,27,32,38,42-44,47,60H,9-13,24-26,29-31H2,1-8H3,(H,55,63)(H,57,62)(H,58,61)/t38-,42+,43+,44+,47-/m1/s1. The van der Waals surface area contributed by atoms with Gasteiger partial charge in [0, 0.05) is 49.2 Å². The number of benzene rings is 3. The second-order valence-electron chi connectivity index (χ2n) is 19.0. The highest BCUT2D eigenvalue weighted by molar-refractivity contribution is 7.13. The Bertz CT molecular complexity index is 2360. The number of β-amino-alcohol motifs (C(OH)–C–C–N with tert-alkyl or cyclic N) is 1. The quantitative estimate of drug-likeness (QED) is 0.0525. The number of aryl methyl sites for hydroxylation is 1. The number of thiazole rings is 1. The molecule has 0 aliphatic carbocycles. The molecule has 4 amide bonds. The summed E-state index contributed by atoms with van der Waals surface area (Å²) in [5, 5.41) is 29.1. The summed E-state index contributed by atoms with van der Waals surface area (Å²) in [6.45, 7) is 16.5. The highest BCUT2D eigenvalue weighted by atomic mass is 35.5. The minimum absolute atomic E-state index is 0.0134. The van der Waals surface area contributed by atoms with Gasteiger partial charge in [-0.15, -0.1) is 11.3 Å². The number of nitrogens with zero attached hydrogens (tertiary/aromatic N) is 3. The first-order valence-corrected chi connectivity index (χ1v) is 24.6. The molecule has 0 bridgehead atoms. The van der Waals surface area contributed by atoms with Gasteiger partial charge in [-0.25, -0.2) is 4.98 Å². The summed E-state index contributed by atoms with van der Waals surface area (Å²) in [4.78, 5) is 60.7. The van der Waals surface area contributed by atoms with Gasteiger partial charge in [0.1, 0.15) is 42.4 Å². The Balaban J connectivity index is 1.00. The van der Waals surface area contributed by atoms with E-state index in [2.05, 4.69) is 40.9 Å². The van der Waals surface area contributed by atoms with Crippen LogP contribution >= 0.6 is 22.9 Å². The largest absolute Gasteiger partial charge is 0.494 e. The number of rotatable bonds is 23. The number of hydrogen-bond acceptors (Lipinski definition) is 11. The van der Waals surface area contributed by atoms with E-state index in [0.717, 1.165) is 34.5 Å². The summed E-state index contributed by atoms with van der Waals surface area (Å²) in [7, 11) is 0. The summed E-state index contributed by atoms with van der Waals surface area (Å²) < 4.78 is 17.9. The maximum atomic E-state index is 14.0. The van der Waals surface area contributed by atoms with Crippen LogP contribution in [0, 0.1) is 29.1 Å². The fourth-order valence-corrected chi connectivity index (χ4v) is 9.41. The van der Waals surface area contributed by atoms with E-state index in [1.165, 1.54) is 4.90 Å². The molecule has 0 unspecified atom stereocenters. The summed E-state index contributed by atoms with van der Waals surface area (Å²) in [5.74, 6) is -0.238. The van der Waals surface area contributed by atoms with Gasteiger partial charge in [0.15, 0.2) is 0 Å². The molecule has 16 heteroatoms. The SMILES string of the molecule is CC[C@H](NC(=O)c1ccc(OCCCCCOCC(=O)N[C@H](C(=O)N2C[C@H](O)C[C@H]2C(=O)NCc2ccc(-c3scnc3C)cc2)C(C)(C)C)cc1)C(C)(C)[C@H](CC)Oc1ccc(C#N)c(Cl)c1. The molecule has 366 valence electrons. The average Bonchev–Trinajstić information content (AvgIpc) is 3.93. The van der Waals surface area contributed by atoms with E-state index in [-0.39, 0.29) is 50.1 Å². The topological polar surface area (TPSA) is 192 Å². The maximum Gasteiger partial charge on any atom is 0.251 e. The van der Waals surface area contributed by atoms with Gasteiger partial charge in [0.25, 0.3) is 5.91 Å². The molecule has 1 aliphatic heterocycles. The van der Waals surface area contributed by atoms with Crippen molar-refractivity contribution >= 4 is 46.6 Å². The fraction of sp³-hybridized carbons (Fsp3) is 0.500. The van der Waals surface area contributed by atoms with Crippen molar-refractivity contribution < 1.29 is 38.5 Å². The van der Waals surface area contributed by atoms with E-state index in [1.54, 1.807) is 53.8 Å². The second-order valence-corrected chi connectivity index (χ2v) is 20.2. The van der Waals surface area contributed by atoms with Crippen LogP contribution in [0.15, 0.2) is 72.2 Å². The van der Waals surface area contributed by atoms with Gasteiger partial charge in [-0.2, -0.15) is 5.26 Å². The van der Waals surface area contributed by atoms with Crippen molar-refractivity contribution in [1.82, 2.24) is 25.8 Å². The molecule has 4 aromatic rings. The molecule has 0 saturated carbocycles. The van der Waals surface area contributed by atoms with Gasteiger partial charge in [-0.05, 0) is 92.0 Å². The van der Waals surface area contributed by atoms with Gasteiger partial charge in [-0.1, -0.05) is 84.3 Å². The molecule has 5 rings (SSSR count). The third kappa shape index (κ3) is 14.5. The number of aliphatic hydroxyl groups is 1. The number of hydrogen-bond donors (Lipinski definition) is 4. The number of halogens is 1. The Morgan fingerprint density at radius 1 is 0.941 bits per heavy atom. The third-order valence-corrected chi connectivity index (χ3v) is 13.7. The van der Waals surface area contributed by atoms with E-state index < -0.39 is 40.8 Å². The number of carbonyl (C=O) groups is 4. The first kappa shape index (κ1) is 53.4. The van der Waals surface area contributed by atoms with Crippen molar-refractivity contribution in [3.63, 3.8) is 0 Å². The van der Waals surface area contributed by atoms with E-state index in [0.29, 0.717) is 60.1 Å². The molecule has 1 aliphatic rings. The lowest BCUT2D eigenvalue weighted by molar-refractivity contribution is -0.144. The number of carbonyl (C=O) groups excluding carboxylic acids is 4. The Morgan fingerprint density at radius 2 is 1.63 bits per heavy atom. The van der Waals surface area contributed by atoms with Gasteiger partial charge >= 0.3 is 0 Å². The summed E-state index contributed by atoms with van der Waals surface area (Å²) >= 11 is 7.82. The Hall–Kier alpha value is -5.53. The van der Waals surface area contributed by atoms with Crippen molar-refractivity contribution in [3.8, 4) is 28.0 Å². The van der Waals surface area contributed by atoms with Crippen molar-refractivity contribution in [2.45, 2.75) is 131 Å². The third-order valence-electron chi connectivity index (χ3n) is 12.4. The molecule has 0 radical (unpaired) electrons. The highest BCUT2D eigenvalue weighted by Gasteiger charge is 2.44. The minimum Gasteiger partial charge on any atom is -0.494 e. The predicted molar refractivity (Wildman–Crippen MR) is 264 cm³/mol. The molecule has 14 nitrogen and oxygen atoms in total. The number of nitriles is 1. The van der Waals surface area contributed by atoms with Crippen LogP contribution in [0.5, 0.6) is 11.5 Å². The molecule has 5 atom stereocenters. The number of nitrogens with one attached hydrogen (secondary N) is 3.